The summed E-state index contributed by atoms with van der Waals surface area (Å²) in [5.74, 6) is -0.482. The molecule has 6 nitrogen and oxygen atoms in total. The van der Waals surface area contributed by atoms with E-state index in [4.69, 9.17) is 9.57 Å². The largest absolute Gasteiger partial charge is 0.459 e. The smallest absolute Gasteiger partial charge is 0.338 e. The number of rotatable bonds is 5. The Labute approximate surface area is 131 Å². The maximum atomic E-state index is 12.2. The number of hydroxylamine groups is 1. The van der Waals surface area contributed by atoms with Gasteiger partial charge in [0.2, 0.25) is 0 Å². The molecule has 0 unspecified atom stereocenters. The minimum absolute atomic E-state index is 0.00468. The van der Waals surface area contributed by atoms with Crippen molar-refractivity contribution in [2.24, 2.45) is 0 Å². The van der Waals surface area contributed by atoms with Crippen molar-refractivity contribution in [3.63, 3.8) is 0 Å². The highest BCUT2D eigenvalue weighted by molar-refractivity contribution is 7.89. The lowest BCUT2D eigenvalue weighted by Gasteiger charge is -2.22. The molecule has 1 aromatic rings. The van der Waals surface area contributed by atoms with Gasteiger partial charge < -0.3 is 4.74 Å². The maximum absolute atomic E-state index is 12.2. The summed E-state index contributed by atoms with van der Waals surface area (Å²) in [7, 11) is -1.22. The van der Waals surface area contributed by atoms with Crippen LogP contribution in [0.4, 0.5) is 0 Å². The Morgan fingerprint density at radius 2 is 1.91 bits per heavy atom. The van der Waals surface area contributed by atoms with Crippen molar-refractivity contribution < 1.29 is 22.8 Å². The molecule has 7 heteroatoms. The van der Waals surface area contributed by atoms with Crippen LogP contribution >= 0.6 is 0 Å². The van der Waals surface area contributed by atoms with Crippen molar-refractivity contribution in [1.82, 2.24) is 4.47 Å². The first-order valence-corrected chi connectivity index (χ1v) is 8.73. The van der Waals surface area contributed by atoms with Crippen molar-refractivity contribution >= 4 is 16.0 Å². The molecule has 1 saturated carbocycles. The van der Waals surface area contributed by atoms with Gasteiger partial charge in [0, 0.05) is 7.05 Å². The average Bonchev–Trinajstić information content (AvgIpc) is 2.55. The number of hydrogen-bond acceptors (Lipinski definition) is 5. The van der Waals surface area contributed by atoms with E-state index in [0.717, 1.165) is 30.2 Å². The fraction of sp³-hybridized carbons (Fsp3) is 0.533. The molecule has 122 valence electrons. The Bertz CT molecular complexity index is 623. The van der Waals surface area contributed by atoms with Gasteiger partial charge >= 0.3 is 5.97 Å². The zero-order valence-electron chi connectivity index (χ0n) is 12.8. The highest BCUT2D eigenvalue weighted by atomic mass is 32.2. The molecule has 22 heavy (non-hydrogen) atoms. The second-order valence-electron chi connectivity index (χ2n) is 5.29. The number of carbonyl (C=O) groups is 1. The van der Waals surface area contributed by atoms with Crippen LogP contribution in [-0.4, -0.2) is 39.1 Å². The molecule has 0 atom stereocenters. The second kappa shape index (κ2) is 7.21. The predicted molar refractivity (Wildman–Crippen MR) is 80.7 cm³/mol. The molecular formula is C15H21NO5S. The summed E-state index contributed by atoms with van der Waals surface area (Å²) >= 11 is 0. The molecule has 0 spiro atoms. The van der Waals surface area contributed by atoms with Crippen molar-refractivity contribution in [1.29, 1.82) is 0 Å². The number of benzene rings is 1. The van der Waals surface area contributed by atoms with E-state index < -0.39 is 16.0 Å². The zero-order chi connectivity index (χ0) is 16.2. The summed E-state index contributed by atoms with van der Waals surface area (Å²) in [5, 5.41) is 0. The van der Waals surface area contributed by atoms with Gasteiger partial charge in [-0.05, 0) is 43.9 Å². The van der Waals surface area contributed by atoms with Crippen LogP contribution in [-0.2, 0) is 19.6 Å². The van der Waals surface area contributed by atoms with Gasteiger partial charge in [0.25, 0.3) is 10.0 Å². The summed E-state index contributed by atoms with van der Waals surface area (Å²) in [6.07, 6.45) is 4.97. The fourth-order valence-corrected chi connectivity index (χ4v) is 3.45. The maximum Gasteiger partial charge on any atom is 0.338 e. The zero-order valence-corrected chi connectivity index (χ0v) is 13.6. The molecule has 1 aliphatic carbocycles. The van der Waals surface area contributed by atoms with Crippen LogP contribution in [0.25, 0.3) is 0 Å². The molecule has 0 radical (unpaired) electrons. The summed E-state index contributed by atoms with van der Waals surface area (Å²) in [5.41, 5.74) is 0.233. The van der Waals surface area contributed by atoms with Gasteiger partial charge in [-0.1, -0.05) is 17.0 Å². The van der Waals surface area contributed by atoms with Crippen LogP contribution < -0.4 is 0 Å². The first kappa shape index (κ1) is 16.9. The molecule has 1 fully saturated rings. The van der Waals surface area contributed by atoms with E-state index >= 15 is 0 Å². The molecule has 0 aliphatic heterocycles. The first-order valence-electron chi connectivity index (χ1n) is 7.29. The topological polar surface area (TPSA) is 72.9 Å². The summed E-state index contributed by atoms with van der Waals surface area (Å²) in [6, 6.07) is 5.81. The number of sulfonamides is 1. The van der Waals surface area contributed by atoms with E-state index in [9.17, 15) is 13.2 Å². The third-order valence-electron chi connectivity index (χ3n) is 3.79. The normalized spacial score (nSPS) is 16.7. The van der Waals surface area contributed by atoms with Crippen LogP contribution in [0.15, 0.2) is 29.2 Å². The molecule has 1 aliphatic rings. The minimum Gasteiger partial charge on any atom is -0.459 e. The highest BCUT2D eigenvalue weighted by Crippen LogP contribution is 2.22. The van der Waals surface area contributed by atoms with E-state index in [1.54, 1.807) is 6.07 Å². The lowest BCUT2D eigenvalue weighted by Crippen LogP contribution is -2.26. The third kappa shape index (κ3) is 3.85. The summed E-state index contributed by atoms with van der Waals surface area (Å²) in [6.45, 7) is 0. The van der Waals surface area contributed by atoms with E-state index in [2.05, 4.69) is 0 Å². The molecule has 0 saturated heterocycles. The number of hydrogen-bond donors (Lipinski definition) is 0. The van der Waals surface area contributed by atoms with Gasteiger partial charge in [-0.2, -0.15) is 0 Å². The number of esters is 1. The standard InChI is InChI=1S/C15H21NO5S/c1-16(20-2)22(18,19)14-10-6-7-12(11-14)15(17)21-13-8-4-3-5-9-13/h6-7,10-11,13H,3-5,8-9H2,1-2H3. The lowest BCUT2D eigenvalue weighted by molar-refractivity contribution is -0.0258. The predicted octanol–water partition coefficient (Wildman–Crippen LogP) is 2.36. The van der Waals surface area contributed by atoms with Crippen molar-refractivity contribution in [2.75, 3.05) is 14.2 Å². The van der Waals surface area contributed by atoms with Crippen LogP contribution in [0, 0.1) is 0 Å². The van der Waals surface area contributed by atoms with Crippen molar-refractivity contribution in [3.8, 4) is 0 Å². The van der Waals surface area contributed by atoms with Crippen LogP contribution in [0.5, 0.6) is 0 Å². The van der Waals surface area contributed by atoms with E-state index in [1.807, 2.05) is 0 Å². The van der Waals surface area contributed by atoms with Gasteiger partial charge in [0.1, 0.15) is 6.10 Å². The number of nitrogens with zero attached hydrogens (tertiary/aromatic N) is 1. The first-order chi connectivity index (χ1) is 10.4. The van der Waals surface area contributed by atoms with Gasteiger partial charge in [-0.25, -0.2) is 13.2 Å². The van der Waals surface area contributed by atoms with E-state index in [1.165, 1.54) is 38.8 Å². The van der Waals surface area contributed by atoms with Crippen LogP contribution in [0.2, 0.25) is 0 Å². The second-order valence-corrected chi connectivity index (χ2v) is 7.23. The molecule has 0 bridgehead atoms. The van der Waals surface area contributed by atoms with Crippen molar-refractivity contribution in [3.05, 3.63) is 29.8 Å². The molecular weight excluding hydrogens is 306 g/mol. The Hall–Kier alpha value is -1.44. The Kier molecular flexibility index (Phi) is 5.55. The fourth-order valence-electron chi connectivity index (χ4n) is 2.43. The Balaban J connectivity index is 2.15. The van der Waals surface area contributed by atoms with Gasteiger partial charge in [-0.15, -0.1) is 0 Å². The SMILES string of the molecule is CON(C)S(=O)(=O)c1cccc(C(=O)OC2CCCCC2)c1. The van der Waals surface area contributed by atoms with Gasteiger partial charge in [0.05, 0.1) is 17.6 Å². The van der Waals surface area contributed by atoms with E-state index in [-0.39, 0.29) is 16.6 Å². The van der Waals surface area contributed by atoms with Gasteiger partial charge in [-0.3, -0.25) is 4.84 Å². The van der Waals surface area contributed by atoms with Gasteiger partial charge in [0.15, 0.2) is 0 Å². The molecule has 0 N–H and O–H groups in total. The van der Waals surface area contributed by atoms with Crippen LogP contribution in [0.3, 0.4) is 0 Å². The highest BCUT2D eigenvalue weighted by Gasteiger charge is 2.23. The van der Waals surface area contributed by atoms with E-state index in [0.29, 0.717) is 0 Å². The third-order valence-corrected chi connectivity index (χ3v) is 5.46. The average molecular weight is 327 g/mol. The number of ether oxygens (including phenoxy) is 1. The minimum atomic E-state index is -3.77. The number of carbonyl (C=O) groups excluding carboxylic acids is 1. The summed E-state index contributed by atoms with van der Waals surface area (Å²) < 4.78 is 30.6. The van der Waals surface area contributed by atoms with Crippen molar-refractivity contribution in [2.45, 2.75) is 43.1 Å². The molecule has 1 aromatic carbocycles. The quantitative estimate of drug-likeness (QED) is 0.613. The molecule has 0 heterocycles. The molecule has 0 amide bonds. The molecule has 2 rings (SSSR count). The Morgan fingerprint density at radius 3 is 2.55 bits per heavy atom. The molecule has 0 aromatic heterocycles. The van der Waals surface area contributed by atoms with Crippen LogP contribution in [0.1, 0.15) is 42.5 Å². The Morgan fingerprint density at radius 1 is 1.23 bits per heavy atom. The monoisotopic (exact) mass is 327 g/mol. The lowest BCUT2D eigenvalue weighted by atomic mass is 9.98. The summed E-state index contributed by atoms with van der Waals surface area (Å²) in [4.78, 5) is 16.9.